The number of hydrogen-bond acceptors (Lipinski definition) is 4. The fourth-order valence-corrected chi connectivity index (χ4v) is 1.29. The zero-order valence-corrected chi connectivity index (χ0v) is 9.29. The first-order chi connectivity index (χ1) is 7.79. The van der Waals surface area contributed by atoms with Crippen LogP contribution in [0.15, 0.2) is 16.7 Å². The number of esters is 1. The van der Waals surface area contributed by atoms with Gasteiger partial charge in [-0.1, -0.05) is 0 Å². The number of terminal acetylenes is 1. The van der Waals surface area contributed by atoms with Gasteiger partial charge in [0, 0.05) is 18.5 Å². The van der Waals surface area contributed by atoms with Gasteiger partial charge in [0.05, 0.1) is 13.4 Å². The summed E-state index contributed by atoms with van der Waals surface area (Å²) in [5, 5.41) is 3.18. The molecule has 0 bridgehead atoms. The van der Waals surface area contributed by atoms with Gasteiger partial charge in [0.25, 0.3) is 0 Å². The van der Waals surface area contributed by atoms with Gasteiger partial charge in [0.1, 0.15) is 0 Å². The molecule has 1 heterocycles. The number of furan rings is 1. The molecular formula is C12H15NO3. The number of methoxy groups -OCH3 is 1. The Morgan fingerprint density at radius 2 is 2.50 bits per heavy atom. The molecule has 0 atom stereocenters. The molecule has 0 saturated heterocycles. The molecule has 86 valence electrons. The van der Waals surface area contributed by atoms with E-state index < -0.39 is 5.97 Å². The van der Waals surface area contributed by atoms with Gasteiger partial charge in [-0.05, 0) is 19.0 Å². The lowest BCUT2D eigenvalue weighted by Gasteiger charge is -2.03. The Hall–Kier alpha value is -1.73. The average Bonchev–Trinajstić information content (AvgIpc) is 2.76. The number of unbranched alkanes of at least 4 members (excludes halogenated alkanes) is 1. The zero-order chi connectivity index (χ0) is 11.8. The van der Waals surface area contributed by atoms with Crippen LogP contribution in [0.5, 0.6) is 0 Å². The number of carbonyl (C=O) groups excluding carboxylic acids is 1. The third kappa shape index (κ3) is 3.44. The lowest BCUT2D eigenvalue weighted by molar-refractivity contribution is 0.0563. The maximum Gasteiger partial charge on any atom is 0.374 e. The van der Waals surface area contributed by atoms with E-state index in [1.54, 1.807) is 6.07 Å². The molecule has 0 fully saturated rings. The molecule has 1 aromatic rings. The predicted molar refractivity (Wildman–Crippen MR) is 59.8 cm³/mol. The SMILES string of the molecule is C#CCCCNCc1ccoc1C(=O)OC. The molecule has 0 aliphatic rings. The number of nitrogens with one attached hydrogen (secondary N) is 1. The molecule has 16 heavy (non-hydrogen) atoms. The first-order valence-electron chi connectivity index (χ1n) is 5.08. The van der Waals surface area contributed by atoms with Crippen molar-refractivity contribution in [3.63, 3.8) is 0 Å². The van der Waals surface area contributed by atoms with Crippen molar-refractivity contribution >= 4 is 5.97 Å². The molecule has 0 aliphatic carbocycles. The van der Waals surface area contributed by atoms with Gasteiger partial charge in [-0.3, -0.25) is 0 Å². The van der Waals surface area contributed by atoms with E-state index in [2.05, 4.69) is 16.0 Å². The lowest BCUT2D eigenvalue weighted by atomic mass is 10.2. The summed E-state index contributed by atoms with van der Waals surface area (Å²) in [5.41, 5.74) is 0.799. The number of rotatable bonds is 6. The second-order valence-corrected chi connectivity index (χ2v) is 3.25. The molecule has 0 saturated carbocycles. The first-order valence-corrected chi connectivity index (χ1v) is 5.08. The Morgan fingerprint density at radius 3 is 3.19 bits per heavy atom. The summed E-state index contributed by atoms with van der Waals surface area (Å²) >= 11 is 0. The Morgan fingerprint density at radius 1 is 1.69 bits per heavy atom. The standard InChI is InChI=1S/C12H15NO3/c1-3-4-5-7-13-9-10-6-8-16-11(10)12(14)15-2/h1,6,8,13H,4-5,7,9H2,2H3. The highest BCUT2D eigenvalue weighted by Crippen LogP contribution is 2.11. The summed E-state index contributed by atoms with van der Waals surface area (Å²) in [6.45, 7) is 1.39. The highest BCUT2D eigenvalue weighted by Gasteiger charge is 2.14. The normalized spacial score (nSPS) is 9.75. The molecule has 0 aliphatic heterocycles. The van der Waals surface area contributed by atoms with Crippen molar-refractivity contribution in [3.05, 3.63) is 23.7 Å². The van der Waals surface area contributed by atoms with Crippen molar-refractivity contribution in [1.82, 2.24) is 5.32 Å². The van der Waals surface area contributed by atoms with Crippen molar-refractivity contribution in [2.75, 3.05) is 13.7 Å². The van der Waals surface area contributed by atoms with E-state index in [-0.39, 0.29) is 5.76 Å². The number of carbonyl (C=O) groups is 1. The molecule has 0 aromatic carbocycles. The first kappa shape index (κ1) is 12.3. The summed E-state index contributed by atoms with van der Waals surface area (Å²) in [5.74, 6) is 2.37. The van der Waals surface area contributed by atoms with E-state index in [9.17, 15) is 4.79 Å². The van der Waals surface area contributed by atoms with Gasteiger partial charge in [-0.15, -0.1) is 12.3 Å². The van der Waals surface area contributed by atoms with E-state index in [4.69, 9.17) is 10.8 Å². The molecule has 0 radical (unpaired) electrons. The minimum absolute atomic E-state index is 0.256. The zero-order valence-electron chi connectivity index (χ0n) is 9.29. The molecule has 0 unspecified atom stereocenters. The number of ether oxygens (including phenoxy) is 1. The van der Waals surface area contributed by atoms with Gasteiger partial charge < -0.3 is 14.5 Å². The van der Waals surface area contributed by atoms with Crippen LogP contribution >= 0.6 is 0 Å². The van der Waals surface area contributed by atoms with Crippen molar-refractivity contribution in [3.8, 4) is 12.3 Å². The Balaban J connectivity index is 2.39. The van der Waals surface area contributed by atoms with Gasteiger partial charge in [-0.2, -0.15) is 0 Å². The Bertz CT molecular complexity index is 376. The highest BCUT2D eigenvalue weighted by molar-refractivity contribution is 5.87. The van der Waals surface area contributed by atoms with Crippen LogP contribution in [0, 0.1) is 12.3 Å². The molecule has 0 amide bonds. The quantitative estimate of drug-likeness (QED) is 0.450. The van der Waals surface area contributed by atoms with Crippen molar-refractivity contribution in [1.29, 1.82) is 0 Å². The topological polar surface area (TPSA) is 51.5 Å². The summed E-state index contributed by atoms with van der Waals surface area (Å²) < 4.78 is 9.64. The van der Waals surface area contributed by atoms with Crippen molar-refractivity contribution in [2.24, 2.45) is 0 Å². The van der Waals surface area contributed by atoms with E-state index in [1.165, 1.54) is 13.4 Å². The third-order valence-electron chi connectivity index (χ3n) is 2.11. The predicted octanol–water partition coefficient (Wildman–Crippen LogP) is 1.57. The maximum absolute atomic E-state index is 11.3. The molecule has 4 heteroatoms. The van der Waals surface area contributed by atoms with E-state index in [0.717, 1.165) is 24.9 Å². The van der Waals surface area contributed by atoms with Gasteiger partial charge in [0.15, 0.2) is 0 Å². The lowest BCUT2D eigenvalue weighted by Crippen LogP contribution is -2.16. The largest absolute Gasteiger partial charge is 0.463 e. The van der Waals surface area contributed by atoms with Gasteiger partial charge >= 0.3 is 5.97 Å². The van der Waals surface area contributed by atoms with E-state index in [1.807, 2.05) is 0 Å². The van der Waals surface area contributed by atoms with Crippen LogP contribution in [-0.2, 0) is 11.3 Å². The highest BCUT2D eigenvalue weighted by atomic mass is 16.5. The smallest absolute Gasteiger partial charge is 0.374 e. The Labute approximate surface area is 95.0 Å². The monoisotopic (exact) mass is 221 g/mol. The molecule has 4 nitrogen and oxygen atoms in total. The van der Waals surface area contributed by atoms with Crippen molar-refractivity contribution in [2.45, 2.75) is 19.4 Å². The molecule has 1 rings (SSSR count). The third-order valence-corrected chi connectivity index (χ3v) is 2.11. The van der Waals surface area contributed by atoms with Crippen LogP contribution in [0.3, 0.4) is 0 Å². The van der Waals surface area contributed by atoms with Gasteiger partial charge in [-0.25, -0.2) is 4.79 Å². The molecule has 1 N–H and O–H groups in total. The van der Waals surface area contributed by atoms with Crippen LogP contribution < -0.4 is 5.32 Å². The minimum Gasteiger partial charge on any atom is -0.463 e. The van der Waals surface area contributed by atoms with Crippen LogP contribution in [0.25, 0.3) is 0 Å². The fraction of sp³-hybridized carbons (Fsp3) is 0.417. The van der Waals surface area contributed by atoms with Crippen LogP contribution in [0.4, 0.5) is 0 Å². The molecule has 1 aromatic heterocycles. The van der Waals surface area contributed by atoms with E-state index in [0.29, 0.717) is 6.54 Å². The fourth-order valence-electron chi connectivity index (χ4n) is 1.29. The molecular weight excluding hydrogens is 206 g/mol. The van der Waals surface area contributed by atoms with Gasteiger partial charge in [0.2, 0.25) is 5.76 Å². The maximum atomic E-state index is 11.3. The Kier molecular flexibility index (Phi) is 5.17. The molecule has 0 spiro atoms. The minimum atomic E-state index is -0.453. The second kappa shape index (κ2) is 6.70. The van der Waals surface area contributed by atoms with Crippen molar-refractivity contribution < 1.29 is 13.9 Å². The second-order valence-electron chi connectivity index (χ2n) is 3.25. The summed E-state index contributed by atoms with van der Waals surface area (Å²) in [6, 6.07) is 1.75. The van der Waals surface area contributed by atoms with Crippen LogP contribution in [0.2, 0.25) is 0 Å². The van der Waals surface area contributed by atoms with Crippen LogP contribution in [0.1, 0.15) is 29.0 Å². The average molecular weight is 221 g/mol. The summed E-state index contributed by atoms with van der Waals surface area (Å²) in [6.07, 6.45) is 8.28. The number of hydrogen-bond donors (Lipinski definition) is 1. The van der Waals surface area contributed by atoms with E-state index >= 15 is 0 Å². The summed E-state index contributed by atoms with van der Waals surface area (Å²) in [4.78, 5) is 11.3. The van der Waals surface area contributed by atoms with Crippen LogP contribution in [-0.4, -0.2) is 19.6 Å². The summed E-state index contributed by atoms with van der Waals surface area (Å²) in [7, 11) is 1.33.